The van der Waals surface area contributed by atoms with E-state index < -0.39 is 12.7 Å². The smallest absolute Gasteiger partial charge is 0.261 e. The Morgan fingerprint density at radius 2 is 0.943 bits per heavy atom. The van der Waals surface area contributed by atoms with Gasteiger partial charge in [-0.25, -0.2) is 15.3 Å². The van der Waals surface area contributed by atoms with E-state index in [1.165, 1.54) is 0 Å². The van der Waals surface area contributed by atoms with Gasteiger partial charge in [-0.15, -0.1) is 0 Å². The van der Waals surface area contributed by atoms with Gasteiger partial charge in [0.05, 0.1) is 17.1 Å². The molecule has 0 unspecified atom stereocenters. The Morgan fingerprint density at radius 1 is 0.600 bits per heavy atom. The van der Waals surface area contributed by atoms with Crippen LogP contribution in [0, 0.1) is 0 Å². The summed E-state index contributed by atoms with van der Waals surface area (Å²) < 4.78 is 6.25. The first-order valence-electron chi connectivity index (χ1n) is 13.1. The van der Waals surface area contributed by atoms with Gasteiger partial charge in [-0.05, 0) is 78.7 Å². The minimum atomic E-state index is -1.05. The Kier molecular flexibility index (Phi) is 7.75. The van der Waals surface area contributed by atoms with Crippen molar-refractivity contribution in [1.82, 2.24) is 29.1 Å². The van der Waals surface area contributed by atoms with Crippen LogP contribution in [0.2, 0.25) is 0 Å². The summed E-state index contributed by atoms with van der Waals surface area (Å²) >= 11 is 0. The van der Waals surface area contributed by atoms with E-state index >= 15 is 0 Å². The van der Waals surface area contributed by atoms with Crippen LogP contribution >= 0.6 is 0 Å². The molecule has 0 bridgehead atoms. The first-order valence-corrected chi connectivity index (χ1v) is 13.1. The normalized spacial score (nSPS) is 13.1. The molecule has 8 heteroatoms. The summed E-state index contributed by atoms with van der Waals surface area (Å²) in [7, 11) is -0.418. The quantitative estimate of drug-likeness (QED) is 0.379. The molecule has 0 amide bonds. The Labute approximate surface area is 212 Å². The van der Waals surface area contributed by atoms with E-state index in [0.29, 0.717) is 17.5 Å². The maximum absolute atomic E-state index is 10.9. The fourth-order valence-electron chi connectivity index (χ4n) is 4.29. The van der Waals surface area contributed by atoms with E-state index in [-0.39, 0.29) is 17.8 Å². The molecule has 0 saturated carbocycles. The van der Waals surface area contributed by atoms with Crippen molar-refractivity contribution in [3.05, 3.63) is 52.4 Å². The van der Waals surface area contributed by atoms with E-state index in [2.05, 4.69) is 90.6 Å². The third kappa shape index (κ3) is 5.42. The molecule has 1 N–H and O–H groups in total. The Balaban J connectivity index is 2.44. The molecule has 7 nitrogen and oxygen atoms in total. The molecule has 0 aromatic carbocycles. The molecular weight excluding hydrogens is 435 g/mol. The van der Waals surface area contributed by atoms with Crippen LogP contribution in [0.4, 0.5) is 0 Å². The van der Waals surface area contributed by atoms with Crippen molar-refractivity contribution in [3.63, 3.8) is 0 Å². The van der Waals surface area contributed by atoms with E-state index in [9.17, 15) is 5.11 Å². The second-order valence-electron chi connectivity index (χ2n) is 12.0. The molecule has 3 aromatic heterocycles. The van der Waals surface area contributed by atoms with Crippen molar-refractivity contribution in [1.29, 1.82) is 0 Å². The van der Waals surface area contributed by atoms with Crippen molar-refractivity contribution < 1.29 is 5.11 Å². The maximum atomic E-state index is 10.9. The van der Waals surface area contributed by atoms with E-state index in [0.717, 1.165) is 28.5 Å². The highest BCUT2D eigenvalue weighted by Crippen LogP contribution is 2.29. The summed E-state index contributed by atoms with van der Waals surface area (Å²) in [6, 6.07) is 6.47. The molecule has 3 aromatic rings. The SMILES string of the molecule is CC(C)c1cc(C(C)C)n([B-](n2nc(C(C)C)cc2C(C)C)n2nc(C(C)(C)O)cc2C(C)C)n1. The van der Waals surface area contributed by atoms with E-state index in [1.807, 2.05) is 10.7 Å². The highest BCUT2D eigenvalue weighted by atomic mass is 16.3. The van der Waals surface area contributed by atoms with Crippen LogP contribution in [0.15, 0.2) is 18.2 Å². The molecule has 3 rings (SSSR count). The average molecular weight is 481 g/mol. The van der Waals surface area contributed by atoms with Gasteiger partial charge in [-0.3, -0.25) is 0 Å². The average Bonchev–Trinajstić information content (AvgIpc) is 3.45. The molecular formula is C27H45BN6O-. The second kappa shape index (κ2) is 9.96. The van der Waals surface area contributed by atoms with Crippen LogP contribution in [-0.2, 0) is 5.60 Å². The number of rotatable bonds is 9. The predicted octanol–water partition coefficient (Wildman–Crippen LogP) is 6.05. The summed E-state index contributed by atoms with van der Waals surface area (Å²) in [5.74, 6) is 1.35. The topological polar surface area (TPSA) is 73.7 Å². The van der Waals surface area contributed by atoms with Gasteiger partial charge < -0.3 is 18.9 Å². The monoisotopic (exact) mass is 480 g/mol. The molecule has 0 aliphatic heterocycles. The van der Waals surface area contributed by atoms with Gasteiger partial charge in [0.15, 0.2) is 0 Å². The van der Waals surface area contributed by atoms with Crippen molar-refractivity contribution >= 4 is 7.12 Å². The summed E-state index contributed by atoms with van der Waals surface area (Å²) in [4.78, 5) is 0. The minimum Gasteiger partial charge on any atom is -0.422 e. The van der Waals surface area contributed by atoms with Crippen molar-refractivity contribution in [2.75, 3.05) is 0 Å². The van der Waals surface area contributed by atoms with Gasteiger partial charge in [-0.1, -0.05) is 69.2 Å². The molecule has 0 spiro atoms. The molecule has 0 saturated heterocycles. The van der Waals surface area contributed by atoms with Gasteiger partial charge in [0.2, 0.25) is 0 Å². The minimum absolute atomic E-state index is 0.200. The summed E-state index contributed by atoms with van der Waals surface area (Å²) in [5.41, 5.74) is 5.04. The lowest BCUT2D eigenvalue weighted by Gasteiger charge is -2.37. The standard InChI is InChI=1S/C27H45BN6O/c1-16(2)21-13-23(18(5)6)32(29-21)28(33-24(19(7)8)14-22(30-33)17(3)4)34-25(20(9)10)15-26(31-34)27(11,12)35/h13-20,35H,1-12H3/q-1. The predicted molar refractivity (Wildman–Crippen MR) is 144 cm³/mol. The maximum Gasteiger partial charge on any atom is 0.261 e. The lowest BCUT2D eigenvalue weighted by Crippen LogP contribution is -2.47. The molecule has 0 atom stereocenters. The first-order chi connectivity index (χ1) is 16.1. The molecule has 0 fully saturated rings. The molecule has 1 radical (unpaired) electrons. The highest BCUT2D eigenvalue weighted by Gasteiger charge is 2.27. The largest absolute Gasteiger partial charge is 0.422 e. The van der Waals surface area contributed by atoms with Gasteiger partial charge >= 0.3 is 0 Å². The molecule has 35 heavy (non-hydrogen) atoms. The molecule has 0 aliphatic carbocycles. The van der Waals surface area contributed by atoms with Crippen LogP contribution in [-0.4, -0.2) is 41.3 Å². The van der Waals surface area contributed by atoms with Crippen LogP contribution in [0.3, 0.4) is 0 Å². The fraction of sp³-hybridized carbons (Fsp3) is 0.667. The Bertz CT molecular complexity index is 1090. The van der Waals surface area contributed by atoms with Gasteiger partial charge in [0.25, 0.3) is 7.12 Å². The summed E-state index contributed by atoms with van der Waals surface area (Å²) in [6.07, 6.45) is 0. The summed E-state index contributed by atoms with van der Waals surface area (Å²) in [5, 5.41) is 26.1. The second-order valence-corrected chi connectivity index (χ2v) is 12.0. The van der Waals surface area contributed by atoms with Crippen LogP contribution in [0.1, 0.15) is 147 Å². The Hall–Kier alpha value is -2.35. The number of hydrogen-bond donors (Lipinski definition) is 1. The molecule has 3 heterocycles. The van der Waals surface area contributed by atoms with Crippen LogP contribution < -0.4 is 0 Å². The number of nitrogens with zero attached hydrogens (tertiary/aromatic N) is 6. The lowest BCUT2D eigenvalue weighted by molar-refractivity contribution is 0.0735. The van der Waals surface area contributed by atoms with E-state index in [4.69, 9.17) is 15.3 Å². The van der Waals surface area contributed by atoms with Crippen molar-refractivity contribution in [2.24, 2.45) is 0 Å². The van der Waals surface area contributed by atoms with Gasteiger partial charge in [0.1, 0.15) is 5.60 Å². The van der Waals surface area contributed by atoms with Crippen molar-refractivity contribution in [2.45, 2.75) is 118 Å². The summed E-state index contributed by atoms with van der Waals surface area (Å²) in [6.45, 7) is 25.4. The molecule has 0 aliphatic rings. The highest BCUT2D eigenvalue weighted by molar-refractivity contribution is 6.53. The third-order valence-electron chi connectivity index (χ3n) is 6.57. The number of aliphatic hydroxyl groups is 1. The number of hydrogen-bond acceptors (Lipinski definition) is 4. The first kappa shape index (κ1) is 27.2. The zero-order chi connectivity index (χ0) is 26.4. The fourth-order valence-corrected chi connectivity index (χ4v) is 4.29. The van der Waals surface area contributed by atoms with E-state index in [1.54, 1.807) is 13.8 Å². The van der Waals surface area contributed by atoms with Gasteiger partial charge in [-0.2, -0.15) is 0 Å². The third-order valence-corrected chi connectivity index (χ3v) is 6.57. The van der Waals surface area contributed by atoms with Crippen LogP contribution in [0.5, 0.6) is 0 Å². The number of aromatic nitrogens is 6. The molecule has 193 valence electrons. The zero-order valence-electron chi connectivity index (χ0n) is 23.8. The lowest BCUT2D eigenvalue weighted by atomic mass is 9.89. The van der Waals surface area contributed by atoms with Crippen LogP contribution in [0.25, 0.3) is 0 Å². The van der Waals surface area contributed by atoms with Crippen molar-refractivity contribution in [3.8, 4) is 0 Å². The Morgan fingerprint density at radius 3 is 1.26 bits per heavy atom. The zero-order valence-corrected chi connectivity index (χ0v) is 23.8. The van der Waals surface area contributed by atoms with Gasteiger partial charge in [0, 0.05) is 0 Å².